The summed E-state index contributed by atoms with van der Waals surface area (Å²) in [7, 11) is -4.06. The average molecular weight is 736 g/mol. The molecule has 1 amide bonds. The smallest absolute Gasteiger partial charge is 0.264 e. The highest BCUT2D eigenvalue weighted by atomic mass is 35.5. The van der Waals surface area contributed by atoms with Crippen LogP contribution in [-0.2, 0) is 26.6 Å². The van der Waals surface area contributed by atoms with E-state index in [4.69, 9.17) is 21.1 Å². The number of fused-ring (bicyclic) bond motifs is 4. The average Bonchev–Trinajstić information content (AvgIpc) is 3.24. The number of hydrogen-bond donors (Lipinski definition) is 2. The van der Waals surface area contributed by atoms with Crippen molar-refractivity contribution in [3.05, 3.63) is 70.3 Å². The van der Waals surface area contributed by atoms with E-state index in [-0.39, 0.29) is 22.8 Å². The normalized spacial score (nSPS) is 31.1. The Kier molecular flexibility index (Phi) is 10.5. The number of sulfonamides is 1. The maximum atomic E-state index is 13.5. The summed E-state index contributed by atoms with van der Waals surface area (Å²) >= 11 is 6.46. The molecule has 0 unspecified atom stereocenters. The maximum Gasteiger partial charge on any atom is 0.264 e. The SMILES string of the molecule is C=C1CCC[C@](O)(C#CCCN2CCOCC2)[C@@H]2CC[C@H]2CN2C[C@@]3(CCCc4cc(Cl)ccc43)COc3ccc(cc32)C(=O)NS(=O)(=O)[C@@H]1C. The molecule has 5 aliphatic rings. The number of rotatable bonds is 2. The third kappa shape index (κ3) is 7.56. The van der Waals surface area contributed by atoms with E-state index < -0.39 is 26.8 Å². The van der Waals surface area contributed by atoms with E-state index in [1.165, 1.54) is 11.1 Å². The van der Waals surface area contributed by atoms with Crippen molar-refractivity contribution in [2.24, 2.45) is 11.8 Å². The summed E-state index contributed by atoms with van der Waals surface area (Å²) in [4.78, 5) is 18.2. The molecule has 5 atom stereocenters. The van der Waals surface area contributed by atoms with E-state index in [1.807, 2.05) is 6.07 Å². The highest BCUT2D eigenvalue weighted by Crippen LogP contribution is 2.49. The Morgan fingerprint density at radius 2 is 1.90 bits per heavy atom. The molecule has 274 valence electrons. The Hall–Kier alpha value is -3.07. The third-order valence-electron chi connectivity index (χ3n) is 12.1. The van der Waals surface area contributed by atoms with E-state index in [0.29, 0.717) is 56.7 Å². The van der Waals surface area contributed by atoms with E-state index >= 15 is 0 Å². The lowest BCUT2D eigenvalue weighted by Crippen LogP contribution is -2.52. The number of aliphatic hydroxyl groups is 1. The first kappa shape index (κ1) is 36.3. The second kappa shape index (κ2) is 14.7. The Morgan fingerprint density at radius 1 is 1.10 bits per heavy atom. The first-order valence-corrected chi connectivity index (χ1v) is 20.5. The second-order valence-corrected chi connectivity index (χ2v) is 17.7. The molecule has 0 aromatic heterocycles. The molecule has 9 nitrogen and oxygen atoms in total. The fraction of sp³-hybridized carbons (Fsp3) is 0.575. The Balaban J connectivity index is 1.25. The molecule has 3 heterocycles. The minimum absolute atomic E-state index is 0.0526. The molecule has 51 heavy (non-hydrogen) atoms. The number of nitrogens with zero attached hydrogens (tertiary/aromatic N) is 2. The van der Waals surface area contributed by atoms with Gasteiger partial charge in [-0.1, -0.05) is 41.7 Å². The van der Waals surface area contributed by atoms with Gasteiger partial charge in [-0.15, -0.1) is 0 Å². The van der Waals surface area contributed by atoms with Crippen molar-refractivity contribution in [2.75, 3.05) is 57.4 Å². The third-order valence-corrected chi connectivity index (χ3v) is 14.0. The van der Waals surface area contributed by atoms with Crippen LogP contribution < -0.4 is 14.4 Å². The van der Waals surface area contributed by atoms with Crippen LogP contribution in [0.2, 0.25) is 5.02 Å². The van der Waals surface area contributed by atoms with E-state index in [1.54, 1.807) is 25.1 Å². The van der Waals surface area contributed by atoms with Crippen LogP contribution in [0.5, 0.6) is 5.75 Å². The summed E-state index contributed by atoms with van der Waals surface area (Å²) in [6, 6.07) is 11.4. The van der Waals surface area contributed by atoms with Gasteiger partial charge in [0.25, 0.3) is 5.91 Å². The minimum atomic E-state index is -4.06. The zero-order chi connectivity index (χ0) is 35.8. The van der Waals surface area contributed by atoms with Crippen molar-refractivity contribution in [3.8, 4) is 17.6 Å². The summed E-state index contributed by atoms with van der Waals surface area (Å²) in [6.45, 7) is 11.5. The van der Waals surface area contributed by atoms with Gasteiger partial charge in [0.1, 0.15) is 11.4 Å². The van der Waals surface area contributed by atoms with Crippen molar-refractivity contribution in [3.63, 3.8) is 0 Å². The first-order valence-electron chi connectivity index (χ1n) is 18.5. The molecule has 2 aliphatic carbocycles. The number of benzene rings is 2. The number of amides is 1. The zero-order valence-corrected chi connectivity index (χ0v) is 31.2. The molecular weight excluding hydrogens is 686 g/mol. The van der Waals surface area contributed by atoms with Gasteiger partial charge in [-0.05, 0) is 106 Å². The Labute approximate surface area is 307 Å². The van der Waals surface area contributed by atoms with Crippen LogP contribution in [0.3, 0.4) is 0 Å². The van der Waals surface area contributed by atoms with Crippen molar-refractivity contribution >= 4 is 33.2 Å². The fourth-order valence-corrected chi connectivity index (χ4v) is 10.1. The lowest BCUT2D eigenvalue weighted by atomic mass is 9.63. The molecular formula is C40H50ClN3O6S. The van der Waals surface area contributed by atoms with Crippen molar-refractivity contribution in [2.45, 2.75) is 81.0 Å². The van der Waals surface area contributed by atoms with E-state index in [2.05, 4.69) is 45.1 Å². The molecule has 11 heteroatoms. The first-order chi connectivity index (χ1) is 24.5. The monoisotopic (exact) mass is 735 g/mol. The Morgan fingerprint density at radius 3 is 2.69 bits per heavy atom. The molecule has 2 aromatic carbocycles. The van der Waals surface area contributed by atoms with Crippen LogP contribution in [-0.4, -0.2) is 87.7 Å². The van der Waals surface area contributed by atoms with E-state index in [0.717, 1.165) is 75.7 Å². The van der Waals surface area contributed by atoms with Crippen LogP contribution in [0.15, 0.2) is 48.6 Å². The van der Waals surface area contributed by atoms with Crippen molar-refractivity contribution in [1.29, 1.82) is 0 Å². The van der Waals surface area contributed by atoms with Gasteiger partial charge in [-0.2, -0.15) is 0 Å². The maximum absolute atomic E-state index is 13.5. The number of carbonyl (C=O) groups excluding carboxylic acids is 1. The Bertz CT molecular complexity index is 1830. The summed E-state index contributed by atoms with van der Waals surface area (Å²) in [5, 5.41) is 12.2. The van der Waals surface area contributed by atoms with Crippen LogP contribution in [0.25, 0.3) is 0 Å². The molecule has 2 bridgehead atoms. The number of aryl methyl sites for hydroxylation is 1. The number of carbonyl (C=O) groups is 1. The highest BCUT2D eigenvalue weighted by Gasteiger charge is 2.48. The minimum Gasteiger partial charge on any atom is -0.490 e. The summed E-state index contributed by atoms with van der Waals surface area (Å²) in [6.07, 6.45) is 6.72. The zero-order valence-electron chi connectivity index (χ0n) is 29.6. The summed E-state index contributed by atoms with van der Waals surface area (Å²) in [5.41, 5.74) is 2.44. The van der Waals surface area contributed by atoms with Crippen LogP contribution >= 0.6 is 11.6 Å². The van der Waals surface area contributed by atoms with Gasteiger partial charge in [-0.3, -0.25) is 9.69 Å². The standard InChI is InChI=1S/C40H50ClN3O6S/c1-28-7-5-17-40(46,16-3-4-18-43-19-21-49-22-20-43)35-12-9-32(35)25-44-26-39(15-6-8-30-23-33(41)11-13-34(30)39)27-50-37-14-10-31(24-36(37)44)38(45)42-51(47,48)29(28)2/h10-11,13-14,23-24,29,32,35,46H,1,4-9,12,15,17-22,25-27H2,2H3,(H,42,45)/t29-,32+,35-,39+,40-/m1/s1. The van der Waals surface area contributed by atoms with Gasteiger partial charge >= 0.3 is 0 Å². The van der Waals surface area contributed by atoms with Gasteiger partial charge in [0, 0.05) is 61.1 Å². The van der Waals surface area contributed by atoms with Gasteiger partial charge in [-0.25, -0.2) is 13.1 Å². The van der Waals surface area contributed by atoms with Gasteiger partial charge in [0.05, 0.1) is 30.8 Å². The quantitative estimate of drug-likeness (QED) is 0.309. The van der Waals surface area contributed by atoms with Crippen molar-refractivity contribution < 1.29 is 27.8 Å². The topological polar surface area (TPSA) is 108 Å². The number of halogens is 1. The molecule has 2 N–H and O–H groups in total. The van der Waals surface area contributed by atoms with Crippen molar-refractivity contribution in [1.82, 2.24) is 9.62 Å². The highest BCUT2D eigenvalue weighted by molar-refractivity contribution is 7.90. The molecule has 7 rings (SSSR count). The predicted octanol–water partition coefficient (Wildman–Crippen LogP) is 5.48. The molecule has 1 spiro atoms. The fourth-order valence-electron chi connectivity index (χ4n) is 8.83. The predicted molar refractivity (Wildman–Crippen MR) is 200 cm³/mol. The second-order valence-electron chi connectivity index (χ2n) is 15.3. The lowest BCUT2D eigenvalue weighted by molar-refractivity contribution is -0.0441. The van der Waals surface area contributed by atoms with Gasteiger partial charge < -0.3 is 19.5 Å². The van der Waals surface area contributed by atoms with Crippen LogP contribution in [0.1, 0.15) is 79.8 Å². The molecule has 1 saturated carbocycles. The largest absolute Gasteiger partial charge is 0.490 e. The van der Waals surface area contributed by atoms with Crippen LogP contribution in [0.4, 0.5) is 5.69 Å². The molecule has 0 radical (unpaired) electrons. The number of anilines is 1. The lowest BCUT2D eigenvalue weighted by Gasteiger charge is -2.48. The summed E-state index contributed by atoms with van der Waals surface area (Å²) < 4.78 is 41.3. The van der Waals surface area contributed by atoms with Gasteiger partial charge in [0.2, 0.25) is 10.0 Å². The number of nitrogens with one attached hydrogen (secondary N) is 1. The summed E-state index contributed by atoms with van der Waals surface area (Å²) in [5.74, 6) is 6.79. The molecule has 2 fully saturated rings. The van der Waals surface area contributed by atoms with Gasteiger partial charge in [0.15, 0.2) is 0 Å². The number of hydrogen-bond acceptors (Lipinski definition) is 8. The number of morpholine rings is 1. The molecule has 3 aliphatic heterocycles. The number of ether oxygens (including phenoxy) is 2. The van der Waals surface area contributed by atoms with E-state index in [9.17, 15) is 18.3 Å². The van der Waals surface area contributed by atoms with Crippen LogP contribution in [0, 0.1) is 23.7 Å². The molecule has 2 aromatic rings. The molecule has 1 saturated heterocycles.